The van der Waals surface area contributed by atoms with E-state index in [1.807, 2.05) is 0 Å². The fourth-order valence-corrected chi connectivity index (χ4v) is 1.92. The standard InChI is InChI=1S/C16H23NO5/c1-4-6-9-22-13-8-7-12(10-14(13)21-3)16(20)17(5-2)11-15(18)19/h7-8,10H,4-6,9,11H2,1-3H3,(H,18,19). The van der Waals surface area contributed by atoms with Gasteiger partial charge >= 0.3 is 5.97 Å². The second-order valence-electron chi connectivity index (χ2n) is 4.78. The van der Waals surface area contributed by atoms with Crippen LogP contribution in [0.3, 0.4) is 0 Å². The summed E-state index contributed by atoms with van der Waals surface area (Å²) in [6, 6.07) is 4.88. The maximum absolute atomic E-state index is 12.3. The molecule has 0 heterocycles. The summed E-state index contributed by atoms with van der Waals surface area (Å²) in [7, 11) is 1.51. The predicted octanol–water partition coefficient (Wildman–Crippen LogP) is 2.42. The highest BCUT2D eigenvalue weighted by atomic mass is 16.5. The molecule has 6 heteroatoms. The van der Waals surface area contributed by atoms with Crippen LogP contribution in [0.1, 0.15) is 37.0 Å². The molecule has 0 bridgehead atoms. The van der Waals surface area contributed by atoms with E-state index >= 15 is 0 Å². The summed E-state index contributed by atoms with van der Waals surface area (Å²) in [5.41, 5.74) is 0.378. The van der Waals surface area contributed by atoms with E-state index in [4.69, 9.17) is 14.6 Å². The molecule has 0 saturated carbocycles. The molecule has 122 valence electrons. The molecule has 6 nitrogen and oxygen atoms in total. The molecule has 0 radical (unpaired) electrons. The summed E-state index contributed by atoms with van der Waals surface area (Å²) in [4.78, 5) is 24.4. The third-order valence-corrected chi connectivity index (χ3v) is 3.16. The number of hydrogen-bond donors (Lipinski definition) is 1. The molecule has 22 heavy (non-hydrogen) atoms. The van der Waals surface area contributed by atoms with E-state index in [-0.39, 0.29) is 12.5 Å². The highest BCUT2D eigenvalue weighted by Crippen LogP contribution is 2.28. The summed E-state index contributed by atoms with van der Waals surface area (Å²) in [5.74, 6) is -0.341. The van der Waals surface area contributed by atoms with Gasteiger partial charge in [0.05, 0.1) is 13.7 Å². The monoisotopic (exact) mass is 309 g/mol. The minimum absolute atomic E-state index is 0.322. The highest BCUT2D eigenvalue weighted by Gasteiger charge is 2.18. The van der Waals surface area contributed by atoms with E-state index < -0.39 is 5.97 Å². The largest absolute Gasteiger partial charge is 0.493 e. The van der Waals surface area contributed by atoms with Gasteiger partial charge in [-0.3, -0.25) is 9.59 Å². The second kappa shape index (κ2) is 8.92. The number of rotatable bonds is 9. The van der Waals surface area contributed by atoms with Crippen molar-refractivity contribution in [2.24, 2.45) is 0 Å². The lowest BCUT2D eigenvalue weighted by molar-refractivity contribution is -0.137. The van der Waals surface area contributed by atoms with Crippen LogP contribution in [0.25, 0.3) is 0 Å². The number of carbonyl (C=O) groups is 2. The van der Waals surface area contributed by atoms with E-state index in [0.717, 1.165) is 12.8 Å². The lowest BCUT2D eigenvalue weighted by Crippen LogP contribution is -2.35. The van der Waals surface area contributed by atoms with Gasteiger partial charge in [-0.1, -0.05) is 13.3 Å². The number of amides is 1. The number of benzene rings is 1. The van der Waals surface area contributed by atoms with Crippen molar-refractivity contribution in [2.75, 3.05) is 26.8 Å². The van der Waals surface area contributed by atoms with Crippen LogP contribution in [0.4, 0.5) is 0 Å². The van der Waals surface area contributed by atoms with Crippen LogP contribution in [0.2, 0.25) is 0 Å². The first kappa shape index (κ1) is 17.8. The van der Waals surface area contributed by atoms with E-state index in [0.29, 0.717) is 30.2 Å². The molecule has 1 amide bonds. The Morgan fingerprint density at radius 1 is 1.23 bits per heavy atom. The van der Waals surface area contributed by atoms with Crippen molar-refractivity contribution in [1.29, 1.82) is 0 Å². The van der Waals surface area contributed by atoms with Crippen molar-refractivity contribution in [3.8, 4) is 11.5 Å². The van der Waals surface area contributed by atoms with Gasteiger partial charge in [-0.2, -0.15) is 0 Å². The summed E-state index contributed by atoms with van der Waals surface area (Å²) in [5, 5.41) is 8.84. The van der Waals surface area contributed by atoms with Crippen LogP contribution in [-0.4, -0.2) is 48.7 Å². The average molecular weight is 309 g/mol. The Kier molecular flexibility index (Phi) is 7.22. The second-order valence-corrected chi connectivity index (χ2v) is 4.78. The van der Waals surface area contributed by atoms with Crippen molar-refractivity contribution in [1.82, 2.24) is 4.90 Å². The lowest BCUT2D eigenvalue weighted by atomic mass is 10.1. The molecular formula is C16H23NO5. The molecule has 1 aromatic carbocycles. The highest BCUT2D eigenvalue weighted by molar-refractivity contribution is 5.96. The summed E-state index contributed by atoms with van der Waals surface area (Å²) < 4.78 is 10.9. The number of nitrogens with zero attached hydrogens (tertiary/aromatic N) is 1. The Morgan fingerprint density at radius 3 is 2.50 bits per heavy atom. The Hall–Kier alpha value is -2.24. The number of likely N-dealkylation sites (N-methyl/N-ethyl adjacent to an activating group) is 1. The van der Waals surface area contributed by atoms with Gasteiger partial charge < -0.3 is 19.5 Å². The SMILES string of the molecule is CCCCOc1ccc(C(=O)N(CC)CC(=O)O)cc1OC. The Labute approximate surface area is 130 Å². The molecule has 1 aromatic rings. The Balaban J connectivity index is 2.91. The average Bonchev–Trinajstić information content (AvgIpc) is 2.52. The minimum Gasteiger partial charge on any atom is -0.493 e. The smallest absolute Gasteiger partial charge is 0.323 e. The van der Waals surface area contributed by atoms with Crippen molar-refractivity contribution in [3.63, 3.8) is 0 Å². The number of carboxylic acid groups (broad SMARTS) is 1. The topological polar surface area (TPSA) is 76.1 Å². The van der Waals surface area contributed by atoms with E-state index in [2.05, 4.69) is 6.92 Å². The molecular weight excluding hydrogens is 286 g/mol. The van der Waals surface area contributed by atoms with Crippen LogP contribution in [0.5, 0.6) is 11.5 Å². The van der Waals surface area contributed by atoms with Crippen LogP contribution in [0.15, 0.2) is 18.2 Å². The first-order valence-corrected chi connectivity index (χ1v) is 7.35. The van der Waals surface area contributed by atoms with Crippen LogP contribution >= 0.6 is 0 Å². The number of methoxy groups -OCH3 is 1. The van der Waals surface area contributed by atoms with E-state index in [9.17, 15) is 9.59 Å². The fourth-order valence-electron chi connectivity index (χ4n) is 1.92. The normalized spacial score (nSPS) is 10.1. The predicted molar refractivity (Wildman–Crippen MR) is 82.6 cm³/mol. The minimum atomic E-state index is -1.04. The van der Waals surface area contributed by atoms with Gasteiger partial charge in [0.2, 0.25) is 0 Å². The van der Waals surface area contributed by atoms with Gasteiger partial charge in [0, 0.05) is 12.1 Å². The molecule has 1 N–H and O–H groups in total. The molecule has 0 aliphatic rings. The number of ether oxygens (including phenoxy) is 2. The van der Waals surface area contributed by atoms with Gasteiger partial charge in [0.25, 0.3) is 5.91 Å². The Morgan fingerprint density at radius 2 is 1.95 bits per heavy atom. The molecule has 0 atom stereocenters. The zero-order valence-corrected chi connectivity index (χ0v) is 13.3. The van der Waals surface area contributed by atoms with Crippen LogP contribution in [-0.2, 0) is 4.79 Å². The van der Waals surface area contributed by atoms with Gasteiger partial charge in [0.15, 0.2) is 11.5 Å². The number of aliphatic carboxylic acids is 1. The molecule has 1 rings (SSSR count). The van der Waals surface area contributed by atoms with Crippen molar-refractivity contribution >= 4 is 11.9 Å². The van der Waals surface area contributed by atoms with Crippen LogP contribution < -0.4 is 9.47 Å². The van der Waals surface area contributed by atoms with Crippen molar-refractivity contribution in [2.45, 2.75) is 26.7 Å². The summed E-state index contributed by atoms with van der Waals surface area (Å²) in [6.45, 7) is 4.39. The summed E-state index contributed by atoms with van der Waals surface area (Å²) >= 11 is 0. The van der Waals surface area contributed by atoms with Crippen molar-refractivity contribution in [3.05, 3.63) is 23.8 Å². The first-order chi connectivity index (χ1) is 10.5. The van der Waals surface area contributed by atoms with Gasteiger partial charge in [-0.25, -0.2) is 0 Å². The van der Waals surface area contributed by atoms with Crippen LogP contribution in [0, 0.1) is 0 Å². The lowest BCUT2D eigenvalue weighted by Gasteiger charge is -2.19. The number of hydrogen-bond acceptors (Lipinski definition) is 4. The fraction of sp³-hybridized carbons (Fsp3) is 0.500. The number of carboxylic acids is 1. The molecule has 0 spiro atoms. The first-order valence-electron chi connectivity index (χ1n) is 7.35. The maximum atomic E-state index is 12.3. The quantitative estimate of drug-likeness (QED) is 0.709. The molecule has 0 fully saturated rings. The van der Waals surface area contributed by atoms with Crippen molar-refractivity contribution < 1.29 is 24.2 Å². The van der Waals surface area contributed by atoms with E-state index in [1.165, 1.54) is 12.0 Å². The maximum Gasteiger partial charge on any atom is 0.323 e. The summed E-state index contributed by atoms with van der Waals surface area (Å²) in [6.07, 6.45) is 1.96. The Bertz CT molecular complexity index is 515. The zero-order valence-electron chi connectivity index (χ0n) is 13.3. The third kappa shape index (κ3) is 4.95. The van der Waals surface area contributed by atoms with Gasteiger partial charge in [0.1, 0.15) is 6.54 Å². The molecule has 0 unspecified atom stereocenters. The number of unbranched alkanes of at least 4 members (excludes halogenated alkanes) is 1. The van der Waals surface area contributed by atoms with Gasteiger partial charge in [-0.15, -0.1) is 0 Å². The zero-order chi connectivity index (χ0) is 16.5. The van der Waals surface area contributed by atoms with Gasteiger partial charge in [-0.05, 0) is 31.5 Å². The number of carbonyl (C=O) groups excluding carboxylic acids is 1. The molecule has 0 aliphatic heterocycles. The molecule has 0 aliphatic carbocycles. The molecule has 0 aromatic heterocycles. The van der Waals surface area contributed by atoms with E-state index in [1.54, 1.807) is 25.1 Å². The third-order valence-electron chi connectivity index (χ3n) is 3.16. The molecule has 0 saturated heterocycles.